The zero-order chi connectivity index (χ0) is 19.3. The maximum Gasteiger partial charge on any atom is 0.220 e. The maximum atomic E-state index is 11.7. The van der Waals surface area contributed by atoms with Crippen molar-refractivity contribution in [2.45, 2.75) is 39.2 Å². The van der Waals surface area contributed by atoms with Gasteiger partial charge in [-0.05, 0) is 38.8 Å². The topological polar surface area (TPSA) is 66.0 Å². The Morgan fingerprint density at radius 3 is 3.00 bits per heavy atom. The number of ether oxygens (including phenoxy) is 1. The van der Waals surface area contributed by atoms with Gasteiger partial charge in [0.1, 0.15) is 11.9 Å². The number of hydrogen-bond acceptors (Lipinski definition) is 3. The second-order valence-corrected chi connectivity index (χ2v) is 7.94. The van der Waals surface area contributed by atoms with Crippen LogP contribution in [0.25, 0.3) is 0 Å². The Bertz CT molecular complexity index is 696. The molecule has 1 aromatic carbocycles. The molecule has 3 rings (SSSR count). The van der Waals surface area contributed by atoms with Gasteiger partial charge < -0.3 is 20.3 Å². The maximum absolute atomic E-state index is 11.7. The first-order chi connectivity index (χ1) is 13.0. The van der Waals surface area contributed by atoms with Crippen molar-refractivity contribution < 1.29 is 9.53 Å². The highest BCUT2D eigenvalue weighted by Crippen LogP contribution is 2.36. The summed E-state index contributed by atoms with van der Waals surface area (Å²) in [6.07, 6.45) is 2.69. The quantitative estimate of drug-likeness (QED) is 0.597. The summed E-state index contributed by atoms with van der Waals surface area (Å²) in [6, 6.07) is 7.48. The first kappa shape index (κ1) is 19.8. The number of nitrogens with zero attached hydrogens (tertiary/aromatic N) is 2. The molecule has 1 aromatic rings. The lowest BCUT2D eigenvalue weighted by atomic mass is 9.79. The van der Waals surface area contributed by atoms with Crippen LogP contribution in [0.2, 0.25) is 5.02 Å². The fourth-order valence-electron chi connectivity index (χ4n) is 3.86. The SMILES string of the molecule is CCNC(=NCC(C)Oc1ccccc1Cl)N1CCCC2(CNC(=O)C2)C1. The molecule has 0 saturated carbocycles. The third-order valence-electron chi connectivity index (χ3n) is 5.15. The van der Waals surface area contributed by atoms with Crippen LogP contribution >= 0.6 is 11.6 Å². The predicted molar refractivity (Wildman–Crippen MR) is 108 cm³/mol. The first-order valence-electron chi connectivity index (χ1n) is 9.72. The van der Waals surface area contributed by atoms with Crippen molar-refractivity contribution in [3.63, 3.8) is 0 Å². The zero-order valence-electron chi connectivity index (χ0n) is 16.1. The molecule has 2 heterocycles. The van der Waals surface area contributed by atoms with Gasteiger partial charge in [0, 0.05) is 38.0 Å². The van der Waals surface area contributed by atoms with Crippen LogP contribution in [0.15, 0.2) is 29.3 Å². The van der Waals surface area contributed by atoms with E-state index in [-0.39, 0.29) is 17.4 Å². The van der Waals surface area contributed by atoms with Crippen molar-refractivity contribution in [1.29, 1.82) is 0 Å². The molecule has 2 N–H and O–H groups in total. The average Bonchev–Trinajstić information content (AvgIpc) is 3.00. The fourth-order valence-corrected chi connectivity index (χ4v) is 4.04. The highest BCUT2D eigenvalue weighted by molar-refractivity contribution is 6.32. The normalized spacial score (nSPS) is 24.0. The Kier molecular flexibility index (Phi) is 6.47. The molecule has 2 aliphatic heterocycles. The molecule has 2 atom stereocenters. The molecule has 0 aliphatic carbocycles. The van der Waals surface area contributed by atoms with Gasteiger partial charge in [-0.2, -0.15) is 0 Å². The van der Waals surface area contributed by atoms with Gasteiger partial charge in [0.15, 0.2) is 5.96 Å². The molecule has 1 spiro atoms. The summed E-state index contributed by atoms with van der Waals surface area (Å²) in [4.78, 5) is 18.8. The van der Waals surface area contributed by atoms with E-state index >= 15 is 0 Å². The van der Waals surface area contributed by atoms with Gasteiger partial charge >= 0.3 is 0 Å². The van der Waals surface area contributed by atoms with Gasteiger partial charge in [0.05, 0.1) is 11.6 Å². The molecule has 2 unspecified atom stereocenters. The van der Waals surface area contributed by atoms with Gasteiger partial charge in [0.2, 0.25) is 5.91 Å². The van der Waals surface area contributed by atoms with Gasteiger partial charge in [-0.1, -0.05) is 23.7 Å². The van der Waals surface area contributed by atoms with E-state index in [0.717, 1.165) is 45.0 Å². The number of rotatable bonds is 5. The number of nitrogens with one attached hydrogen (secondary N) is 2. The van der Waals surface area contributed by atoms with E-state index in [0.29, 0.717) is 23.7 Å². The molecular weight excluding hydrogens is 364 g/mol. The van der Waals surface area contributed by atoms with E-state index in [1.165, 1.54) is 0 Å². The fraction of sp³-hybridized carbons (Fsp3) is 0.600. The Hall–Kier alpha value is -1.95. The smallest absolute Gasteiger partial charge is 0.220 e. The summed E-state index contributed by atoms with van der Waals surface area (Å²) in [5, 5.41) is 6.99. The Morgan fingerprint density at radius 1 is 1.48 bits per heavy atom. The molecule has 2 saturated heterocycles. The number of piperidine rings is 1. The highest BCUT2D eigenvalue weighted by atomic mass is 35.5. The summed E-state index contributed by atoms with van der Waals surface area (Å²) in [5.41, 5.74) is 0.0468. The Balaban J connectivity index is 1.63. The van der Waals surface area contributed by atoms with Crippen LogP contribution in [-0.2, 0) is 4.79 Å². The van der Waals surface area contributed by atoms with Crippen LogP contribution in [0.1, 0.15) is 33.1 Å². The van der Waals surface area contributed by atoms with Crippen LogP contribution in [0.5, 0.6) is 5.75 Å². The van der Waals surface area contributed by atoms with Crippen LogP contribution in [0.4, 0.5) is 0 Å². The largest absolute Gasteiger partial charge is 0.487 e. The number of para-hydroxylation sites is 1. The number of likely N-dealkylation sites (tertiary alicyclic amines) is 1. The van der Waals surface area contributed by atoms with Gasteiger partial charge in [-0.15, -0.1) is 0 Å². The molecule has 148 valence electrons. The van der Waals surface area contributed by atoms with E-state index in [4.69, 9.17) is 21.3 Å². The number of amides is 1. The van der Waals surface area contributed by atoms with Crippen molar-refractivity contribution in [2.24, 2.45) is 10.4 Å². The van der Waals surface area contributed by atoms with Gasteiger partial charge in [0.25, 0.3) is 0 Å². The van der Waals surface area contributed by atoms with Crippen LogP contribution in [0.3, 0.4) is 0 Å². The summed E-state index contributed by atoms with van der Waals surface area (Å²) in [5.74, 6) is 1.74. The molecule has 2 aliphatic rings. The molecular formula is C20H29ClN4O2. The second kappa shape index (κ2) is 8.83. The van der Waals surface area contributed by atoms with E-state index in [9.17, 15) is 4.79 Å². The number of aliphatic imine (C=N–C) groups is 1. The van der Waals surface area contributed by atoms with Gasteiger partial charge in [-0.3, -0.25) is 4.79 Å². The minimum atomic E-state index is -0.0907. The van der Waals surface area contributed by atoms with E-state index in [1.54, 1.807) is 0 Å². The molecule has 0 bridgehead atoms. The molecule has 0 radical (unpaired) electrons. The van der Waals surface area contributed by atoms with Crippen LogP contribution in [0, 0.1) is 5.41 Å². The molecule has 0 aromatic heterocycles. The highest BCUT2D eigenvalue weighted by Gasteiger charge is 2.42. The monoisotopic (exact) mass is 392 g/mol. The predicted octanol–water partition coefficient (Wildman–Crippen LogP) is 2.67. The van der Waals surface area contributed by atoms with E-state index < -0.39 is 0 Å². The number of halogens is 1. The lowest BCUT2D eigenvalue weighted by Crippen LogP contribution is -2.51. The minimum absolute atomic E-state index is 0.0468. The average molecular weight is 393 g/mol. The van der Waals surface area contributed by atoms with Crippen molar-refractivity contribution in [2.75, 3.05) is 32.7 Å². The van der Waals surface area contributed by atoms with Crippen LogP contribution in [-0.4, -0.2) is 55.6 Å². The van der Waals surface area contributed by atoms with Crippen molar-refractivity contribution >= 4 is 23.5 Å². The molecule has 2 fully saturated rings. The number of guanidine groups is 1. The summed E-state index contributed by atoms with van der Waals surface area (Å²) >= 11 is 6.17. The number of carbonyl (C=O) groups excluding carboxylic acids is 1. The minimum Gasteiger partial charge on any atom is -0.487 e. The summed E-state index contributed by atoms with van der Waals surface area (Å²) < 4.78 is 5.93. The van der Waals surface area contributed by atoms with Gasteiger partial charge in [-0.25, -0.2) is 4.99 Å². The summed E-state index contributed by atoms with van der Waals surface area (Å²) in [7, 11) is 0. The second-order valence-electron chi connectivity index (χ2n) is 7.53. The molecule has 27 heavy (non-hydrogen) atoms. The van der Waals surface area contributed by atoms with Crippen molar-refractivity contribution in [3.05, 3.63) is 29.3 Å². The van der Waals surface area contributed by atoms with Crippen molar-refractivity contribution in [3.8, 4) is 5.75 Å². The zero-order valence-corrected chi connectivity index (χ0v) is 16.9. The van der Waals surface area contributed by atoms with E-state index in [2.05, 4.69) is 22.5 Å². The molecule has 7 heteroatoms. The number of benzene rings is 1. The molecule has 1 amide bonds. The third-order valence-corrected chi connectivity index (χ3v) is 5.47. The number of carbonyl (C=O) groups is 1. The Labute approximate surface area is 166 Å². The Morgan fingerprint density at radius 2 is 2.30 bits per heavy atom. The molecule has 6 nitrogen and oxygen atoms in total. The standard InChI is InChI=1S/C20H29ClN4O2/c1-3-22-19(23-12-15(2)27-17-8-5-4-7-16(17)21)25-10-6-9-20(14-25)11-18(26)24-13-20/h4-5,7-8,15H,3,6,9-14H2,1-2H3,(H,22,23)(H,24,26). The van der Waals surface area contributed by atoms with E-state index in [1.807, 2.05) is 31.2 Å². The lowest BCUT2D eigenvalue weighted by molar-refractivity contribution is -0.119. The summed E-state index contributed by atoms with van der Waals surface area (Å²) in [6.45, 7) is 7.99. The first-order valence-corrected chi connectivity index (χ1v) is 10.1. The van der Waals surface area contributed by atoms with Crippen LogP contribution < -0.4 is 15.4 Å². The number of hydrogen-bond donors (Lipinski definition) is 2. The third kappa shape index (κ3) is 5.06. The van der Waals surface area contributed by atoms with Crippen molar-refractivity contribution in [1.82, 2.24) is 15.5 Å². The lowest BCUT2D eigenvalue weighted by Gasteiger charge is -2.40.